The van der Waals surface area contributed by atoms with Crippen LogP contribution >= 0.6 is 0 Å². The van der Waals surface area contributed by atoms with Gasteiger partial charge in [0.1, 0.15) is 23.7 Å². The fraction of sp³-hybridized carbons (Fsp3) is 0.474. The number of ether oxygens (including phenoxy) is 1. The number of benzene rings is 1. The van der Waals surface area contributed by atoms with Crippen molar-refractivity contribution in [3.05, 3.63) is 36.7 Å². The van der Waals surface area contributed by atoms with Gasteiger partial charge in [-0.1, -0.05) is 25.7 Å². The molecule has 2 aromatic rings. The molecule has 0 atom stereocenters. The van der Waals surface area contributed by atoms with E-state index in [1.807, 2.05) is 37.3 Å². The molecule has 1 fully saturated rings. The Bertz CT molecular complexity index is 622. The molecule has 24 heavy (non-hydrogen) atoms. The Morgan fingerprint density at radius 1 is 1.00 bits per heavy atom. The molecule has 2 N–H and O–H groups in total. The Labute approximate surface area is 143 Å². The minimum atomic E-state index is 0.528. The molecule has 1 aliphatic carbocycles. The summed E-state index contributed by atoms with van der Waals surface area (Å²) in [6, 6.07) is 10.4. The van der Waals surface area contributed by atoms with Crippen molar-refractivity contribution >= 4 is 17.3 Å². The van der Waals surface area contributed by atoms with E-state index in [2.05, 4.69) is 20.6 Å². The Hall–Kier alpha value is -2.30. The van der Waals surface area contributed by atoms with Crippen LogP contribution in [0.25, 0.3) is 0 Å². The summed E-state index contributed by atoms with van der Waals surface area (Å²) in [5.41, 5.74) is 0.984. The molecule has 1 aromatic carbocycles. The van der Waals surface area contributed by atoms with E-state index in [0.29, 0.717) is 12.6 Å². The molecule has 0 aliphatic heterocycles. The lowest BCUT2D eigenvalue weighted by Crippen LogP contribution is -2.19. The van der Waals surface area contributed by atoms with E-state index in [1.165, 1.54) is 38.5 Å². The van der Waals surface area contributed by atoms with Crippen molar-refractivity contribution in [2.24, 2.45) is 0 Å². The van der Waals surface area contributed by atoms with Gasteiger partial charge in [0.2, 0.25) is 0 Å². The van der Waals surface area contributed by atoms with Crippen molar-refractivity contribution in [2.75, 3.05) is 17.2 Å². The second kappa shape index (κ2) is 8.52. The molecule has 0 amide bonds. The van der Waals surface area contributed by atoms with Crippen molar-refractivity contribution in [1.82, 2.24) is 9.97 Å². The second-order valence-electron chi connectivity index (χ2n) is 6.20. The van der Waals surface area contributed by atoms with Gasteiger partial charge in [-0.2, -0.15) is 0 Å². The summed E-state index contributed by atoms with van der Waals surface area (Å²) in [7, 11) is 0. The Morgan fingerprint density at radius 2 is 1.71 bits per heavy atom. The van der Waals surface area contributed by atoms with Crippen LogP contribution in [0.1, 0.15) is 45.4 Å². The first-order chi connectivity index (χ1) is 11.8. The van der Waals surface area contributed by atoms with Gasteiger partial charge in [-0.15, -0.1) is 0 Å². The number of anilines is 3. The number of nitrogens with zero attached hydrogens (tertiary/aromatic N) is 2. The van der Waals surface area contributed by atoms with Crippen LogP contribution in [-0.2, 0) is 0 Å². The first-order valence-corrected chi connectivity index (χ1v) is 8.92. The van der Waals surface area contributed by atoms with Gasteiger partial charge in [-0.25, -0.2) is 9.97 Å². The molecule has 1 aromatic heterocycles. The maximum Gasteiger partial charge on any atom is 0.135 e. The SMILES string of the molecule is CCOc1ccc(Nc2cc(NC3CCCCCC3)ncn2)cc1. The number of rotatable bonds is 6. The zero-order valence-corrected chi connectivity index (χ0v) is 14.3. The number of hydrogen-bond acceptors (Lipinski definition) is 5. The third-order valence-corrected chi connectivity index (χ3v) is 4.31. The topological polar surface area (TPSA) is 59.1 Å². The van der Waals surface area contributed by atoms with E-state index in [-0.39, 0.29) is 0 Å². The molecule has 0 saturated heterocycles. The number of nitrogens with one attached hydrogen (secondary N) is 2. The van der Waals surface area contributed by atoms with Crippen LogP contribution in [-0.4, -0.2) is 22.6 Å². The molecule has 3 rings (SSSR count). The van der Waals surface area contributed by atoms with E-state index in [0.717, 1.165) is 23.1 Å². The lowest BCUT2D eigenvalue weighted by molar-refractivity contribution is 0.340. The summed E-state index contributed by atoms with van der Waals surface area (Å²) in [5.74, 6) is 2.57. The molecule has 1 aliphatic rings. The zero-order valence-electron chi connectivity index (χ0n) is 14.3. The molecule has 1 saturated carbocycles. The first-order valence-electron chi connectivity index (χ1n) is 8.92. The van der Waals surface area contributed by atoms with Gasteiger partial charge in [0.15, 0.2) is 0 Å². The number of aromatic nitrogens is 2. The van der Waals surface area contributed by atoms with Crippen LogP contribution in [0, 0.1) is 0 Å². The van der Waals surface area contributed by atoms with Crippen molar-refractivity contribution in [3.8, 4) is 5.75 Å². The van der Waals surface area contributed by atoms with Gasteiger partial charge >= 0.3 is 0 Å². The molecule has 0 radical (unpaired) electrons. The molecule has 5 nitrogen and oxygen atoms in total. The van der Waals surface area contributed by atoms with Crippen LogP contribution in [0.15, 0.2) is 36.7 Å². The van der Waals surface area contributed by atoms with Crippen LogP contribution in [0.3, 0.4) is 0 Å². The summed E-state index contributed by atoms with van der Waals surface area (Å²) in [6.45, 7) is 2.66. The van der Waals surface area contributed by atoms with Gasteiger partial charge in [0.05, 0.1) is 6.61 Å². The predicted octanol–water partition coefficient (Wildman–Crippen LogP) is 4.75. The fourth-order valence-electron chi connectivity index (χ4n) is 3.09. The predicted molar refractivity (Wildman–Crippen MR) is 98.0 cm³/mol. The monoisotopic (exact) mass is 326 g/mol. The average Bonchev–Trinajstić information content (AvgIpc) is 2.86. The van der Waals surface area contributed by atoms with Crippen LogP contribution in [0.5, 0.6) is 5.75 Å². The van der Waals surface area contributed by atoms with Gasteiger partial charge in [-0.05, 0) is 44.0 Å². The highest BCUT2D eigenvalue weighted by atomic mass is 16.5. The zero-order chi connectivity index (χ0) is 16.6. The smallest absolute Gasteiger partial charge is 0.135 e. The van der Waals surface area contributed by atoms with Crippen molar-refractivity contribution in [1.29, 1.82) is 0 Å². The summed E-state index contributed by atoms with van der Waals surface area (Å²) in [4.78, 5) is 8.67. The Balaban J connectivity index is 1.61. The molecule has 0 spiro atoms. The van der Waals surface area contributed by atoms with Gasteiger partial charge < -0.3 is 15.4 Å². The second-order valence-corrected chi connectivity index (χ2v) is 6.20. The highest BCUT2D eigenvalue weighted by Gasteiger charge is 2.12. The van der Waals surface area contributed by atoms with Crippen molar-refractivity contribution in [2.45, 2.75) is 51.5 Å². The minimum absolute atomic E-state index is 0.528. The quantitative estimate of drug-likeness (QED) is 0.750. The lowest BCUT2D eigenvalue weighted by Gasteiger charge is -2.17. The summed E-state index contributed by atoms with van der Waals surface area (Å²) in [6.07, 6.45) is 9.38. The third-order valence-electron chi connectivity index (χ3n) is 4.31. The van der Waals surface area contributed by atoms with Crippen LogP contribution < -0.4 is 15.4 Å². The summed E-state index contributed by atoms with van der Waals surface area (Å²) < 4.78 is 5.46. The van der Waals surface area contributed by atoms with Gasteiger partial charge in [-0.3, -0.25) is 0 Å². The van der Waals surface area contributed by atoms with Crippen molar-refractivity contribution in [3.63, 3.8) is 0 Å². The highest BCUT2D eigenvalue weighted by Crippen LogP contribution is 2.23. The number of hydrogen-bond donors (Lipinski definition) is 2. The van der Waals surface area contributed by atoms with E-state index in [9.17, 15) is 0 Å². The standard InChI is InChI=1S/C19H26N4O/c1-2-24-17-11-9-16(10-12-17)23-19-13-18(20-14-21-19)22-15-7-5-3-4-6-8-15/h9-15H,2-8H2,1H3,(H2,20,21,22,23). The Kier molecular flexibility index (Phi) is 5.88. The molecule has 0 unspecified atom stereocenters. The maximum atomic E-state index is 5.46. The Morgan fingerprint density at radius 3 is 2.42 bits per heavy atom. The maximum absolute atomic E-state index is 5.46. The fourth-order valence-corrected chi connectivity index (χ4v) is 3.09. The third kappa shape index (κ3) is 4.85. The molecule has 128 valence electrons. The van der Waals surface area contributed by atoms with E-state index in [4.69, 9.17) is 4.74 Å². The minimum Gasteiger partial charge on any atom is -0.494 e. The average molecular weight is 326 g/mol. The molecule has 5 heteroatoms. The van der Waals surface area contributed by atoms with Crippen molar-refractivity contribution < 1.29 is 4.74 Å². The van der Waals surface area contributed by atoms with Crippen LogP contribution in [0.4, 0.5) is 17.3 Å². The molecule has 1 heterocycles. The first kappa shape index (κ1) is 16.6. The van der Waals surface area contributed by atoms with Crippen LogP contribution in [0.2, 0.25) is 0 Å². The molecule has 0 bridgehead atoms. The van der Waals surface area contributed by atoms with E-state index in [1.54, 1.807) is 6.33 Å². The summed E-state index contributed by atoms with van der Waals surface area (Å²) >= 11 is 0. The highest BCUT2D eigenvalue weighted by molar-refractivity contribution is 5.59. The summed E-state index contributed by atoms with van der Waals surface area (Å²) in [5, 5.41) is 6.88. The van der Waals surface area contributed by atoms with Gasteiger partial charge in [0.25, 0.3) is 0 Å². The molecular formula is C19H26N4O. The van der Waals surface area contributed by atoms with Gasteiger partial charge in [0, 0.05) is 17.8 Å². The molecular weight excluding hydrogens is 300 g/mol. The normalized spacial score (nSPS) is 15.5. The largest absolute Gasteiger partial charge is 0.494 e. The van der Waals surface area contributed by atoms with E-state index >= 15 is 0 Å². The lowest BCUT2D eigenvalue weighted by atomic mass is 10.1. The van der Waals surface area contributed by atoms with E-state index < -0.39 is 0 Å².